The molecule has 1 aromatic carbocycles. The Bertz CT molecular complexity index is 1500. The monoisotopic (exact) mass is 425 g/mol. The van der Waals surface area contributed by atoms with Gasteiger partial charge in [0.15, 0.2) is 0 Å². The highest BCUT2D eigenvalue weighted by molar-refractivity contribution is 5.94. The number of imidazole rings is 1. The highest BCUT2D eigenvalue weighted by atomic mass is 16.1. The van der Waals surface area contributed by atoms with Crippen LogP contribution in [-0.4, -0.2) is 51.1 Å². The normalized spacial score (nSPS) is 14.5. The van der Waals surface area contributed by atoms with E-state index >= 15 is 0 Å². The molecular formula is C24H23N7O. The topological polar surface area (TPSA) is 105 Å². The molecule has 0 atom stereocenters. The lowest BCUT2D eigenvalue weighted by Crippen LogP contribution is -2.43. The van der Waals surface area contributed by atoms with Crippen molar-refractivity contribution < 1.29 is 0 Å². The van der Waals surface area contributed by atoms with E-state index in [9.17, 15) is 4.79 Å². The standard InChI is InChI=1S/C24H23N7O/c1-14-10-18-17(4-5-26-22(18)28-14)15-11-19(24(32)27-13-15)23-29-20-3-2-16(12-21(20)30-23)31-8-6-25-7-9-31/h2-5,10-13,25H,6-9H2,1H3,(H,26,28)(H,27,32)(H,29,30). The van der Waals surface area contributed by atoms with Gasteiger partial charge in [-0.2, -0.15) is 0 Å². The van der Waals surface area contributed by atoms with Gasteiger partial charge in [-0.15, -0.1) is 0 Å². The highest BCUT2D eigenvalue weighted by Gasteiger charge is 2.15. The summed E-state index contributed by atoms with van der Waals surface area (Å²) in [6, 6.07) is 12.2. The summed E-state index contributed by atoms with van der Waals surface area (Å²) >= 11 is 0. The molecule has 32 heavy (non-hydrogen) atoms. The first-order valence-corrected chi connectivity index (χ1v) is 10.8. The first-order chi connectivity index (χ1) is 15.7. The lowest BCUT2D eigenvalue weighted by Gasteiger charge is -2.29. The molecule has 6 rings (SSSR count). The van der Waals surface area contributed by atoms with Gasteiger partial charge >= 0.3 is 0 Å². The number of piperazine rings is 1. The summed E-state index contributed by atoms with van der Waals surface area (Å²) in [6.07, 6.45) is 3.52. The maximum Gasteiger partial charge on any atom is 0.259 e. The zero-order valence-electron chi connectivity index (χ0n) is 17.7. The number of hydrogen-bond acceptors (Lipinski definition) is 5. The van der Waals surface area contributed by atoms with Crippen molar-refractivity contribution in [2.75, 3.05) is 31.1 Å². The molecule has 4 aromatic heterocycles. The molecule has 0 spiro atoms. The second kappa shape index (κ2) is 7.35. The second-order valence-corrected chi connectivity index (χ2v) is 8.23. The van der Waals surface area contributed by atoms with E-state index in [1.807, 2.05) is 25.1 Å². The summed E-state index contributed by atoms with van der Waals surface area (Å²) < 4.78 is 0. The number of nitrogens with zero attached hydrogens (tertiary/aromatic N) is 3. The summed E-state index contributed by atoms with van der Waals surface area (Å²) in [4.78, 5) is 33.7. The first kappa shape index (κ1) is 18.8. The quantitative estimate of drug-likeness (QED) is 0.355. The van der Waals surface area contributed by atoms with E-state index in [0.29, 0.717) is 11.4 Å². The molecule has 4 N–H and O–H groups in total. The van der Waals surface area contributed by atoms with E-state index < -0.39 is 0 Å². The average Bonchev–Trinajstić information content (AvgIpc) is 3.41. The number of pyridine rings is 2. The van der Waals surface area contributed by atoms with Gasteiger partial charge in [0.1, 0.15) is 11.5 Å². The van der Waals surface area contributed by atoms with Crippen LogP contribution in [0.5, 0.6) is 0 Å². The van der Waals surface area contributed by atoms with Crippen LogP contribution in [0.2, 0.25) is 0 Å². The molecule has 5 aromatic rings. The third-order valence-electron chi connectivity index (χ3n) is 6.08. The van der Waals surface area contributed by atoms with Gasteiger partial charge in [-0.1, -0.05) is 0 Å². The minimum absolute atomic E-state index is 0.175. The molecule has 0 aliphatic carbocycles. The Morgan fingerprint density at radius 2 is 1.88 bits per heavy atom. The molecule has 1 aliphatic rings. The lowest BCUT2D eigenvalue weighted by molar-refractivity contribution is 0.589. The van der Waals surface area contributed by atoms with Crippen molar-refractivity contribution in [3.05, 3.63) is 64.8 Å². The molecule has 0 bridgehead atoms. The van der Waals surface area contributed by atoms with Gasteiger partial charge in [-0.25, -0.2) is 9.97 Å². The summed E-state index contributed by atoms with van der Waals surface area (Å²) in [5.41, 5.74) is 7.06. The number of nitrogens with one attached hydrogen (secondary N) is 4. The van der Waals surface area contributed by atoms with E-state index in [4.69, 9.17) is 4.98 Å². The first-order valence-electron chi connectivity index (χ1n) is 10.8. The summed E-state index contributed by atoms with van der Waals surface area (Å²) in [6.45, 7) is 5.93. The molecule has 160 valence electrons. The van der Waals surface area contributed by atoms with Gasteiger partial charge in [0.25, 0.3) is 5.56 Å². The van der Waals surface area contributed by atoms with Crippen LogP contribution in [0.15, 0.2) is 53.6 Å². The Kier molecular flexibility index (Phi) is 4.32. The zero-order valence-corrected chi connectivity index (χ0v) is 17.7. The SMILES string of the molecule is Cc1cc2c(-c3c[nH]c(=O)c(-c4nc5ccc(N6CCNCC6)cc5[nH]4)c3)ccnc2[nH]1. The van der Waals surface area contributed by atoms with Crippen molar-refractivity contribution in [1.82, 2.24) is 30.2 Å². The Labute approximate surface area is 183 Å². The summed E-state index contributed by atoms with van der Waals surface area (Å²) in [7, 11) is 0. The molecule has 1 saturated heterocycles. The number of anilines is 1. The third-order valence-corrected chi connectivity index (χ3v) is 6.08. The van der Waals surface area contributed by atoms with Gasteiger partial charge in [0.2, 0.25) is 0 Å². The fourth-order valence-electron chi connectivity index (χ4n) is 4.47. The van der Waals surface area contributed by atoms with Crippen molar-refractivity contribution in [3.63, 3.8) is 0 Å². The summed E-state index contributed by atoms with van der Waals surface area (Å²) in [5, 5.41) is 4.40. The van der Waals surface area contributed by atoms with Crippen molar-refractivity contribution in [1.29, 1.82) is 0 Å². The van der Waals surface area contributed by atoms with Gasteiger partial charge in [0, 0.05) is 55.3 Å². The molecule has 0 unspecified atom stereocenters. The molecule has 0 amide bonds. The highest BCUT2D eigenvalue weighted by Crippen LogP contribution is 2.30. The Morgan fingerprint density at radius 3 is 2.75 bits per heavy atom. The molecule has 5 heterocycles. The average molecular weight is 425 g/mol. The number of hydrogen-bond donors (Lipinski definition) is 4. The van der Waals surface area contributed by atoms with Crippen molar-refractivity contribution in [2.45, 2.75) is 6.92 Å². The van der Waals surface area contributed by atoms with E-state index in [1.165, 1.54) is 5.69 Å². The molecular weight excluding hydrogens is 402 g/mol. The number of fused-ring (bicyclic) bond motifs is 2. The van der Waals surface area contributed by atoms with Crippen LogP contribution >= 0.6 is 0 Å². The molecule has 8 nitrogen and oxygen atoms in total. The Hall–Kier alpha value is -3.91. The van der Waals surface area contributed by atoms with Crippen LogP contribution in [0.25, 0.3) is 44.6 Å². The minimum atomic E-state index is -0.175. The van der Waals surface area contributed by atoms with Crippen LogP contribution in [0, 0.1) is 6.92 Å². The van der Waals surface area contributed by atoms with Gasteiger partial charge in [-0.05, 0) is 54.4 Å². The van der Waals surface area contributed by atoms with Crippen molar-refractivity contribution >= 4 is 27.8 Å². The van der Waals surface area contributed by atoms with E-state index in [-0.39, 0.29) is 5.56 Å². The van der Waals surface area contributed by atoms with Crippen molar-refractivity contribution in [3.8, 4) is 22.5 Å². The largest absolute Gasteiger partial charge is 0.369 e. The van der Waals surface area contributed by atoms with Crippen LogP contribution in [0.4, 0.5) is 5.69 Å². The smallest absolute Gasteiger partial charge is 0.259 e. The van der Waals surface area contributed by atoms with Crippen LogP contribution in [-0.2, 0) is 0 Å². The van der Waals surface area contributed by atoms with Crippen LogP contribution in [0.1, 0.15) is 5.69 Å². The van der Waals surface area contributed by atoms with E-state index in [1.54, 1.807) is 12.4 Å². The number of H-pyrrole nitrogens is 3. The number of rotatable bonds is 3. The van der Waals surface area contributed by atoms with Crippen LogP contribution < -0.4 is 15.8 Å². The molecule has 0 radical (unpaired) electrons. The molecule has 8 heteroatoms. The molecule has 0 saturated carbocycles. The maximum atomic E-state index is 12.7. The van der Waals surface area contributed by atoms with Crippen LogP contribution in [0.3, 0.4) is 0 Å². The summed E-state index contributed by atoms with van der Waals surface area (Å²) in [5.74, 6) is 0.566. The van der Waals surface area contributed by atoms with Crippen molar-refractivity contribution in [2.24, 2.45) is 0 Å². The predicted molar refractivity (Wildman–Crippen MR) is 127 cm³/mol. The fraction of sp³-hybridized carbons (Fsp3) is 0.208. The Morgan fingerprint density at radius 1 is 1.00 bits per heavy atom. The molecule has 1 aliphatic heterocycles. The number of aromatic nitrogens is 5. The Balaban J connectivity index is 1.43. The van der Waals surface area contributed by atoms with Gasteiger partial charge in [-0.3, -0.25) is 4.79 Å². The maximum absolute atomic E-state index is 12.7. The second-order valence-electron chi connectivity index (χ2n) is 8.23. The molecule has 1 fully saturated rings. The van der Waals surface area contributed by atoms with Gasteiger partial charge < -0.3 is 25.2 Å². The van der Waals surface area contributed by atoms with E-state index in [2.05, 4.69) is 48.4 Å². The minimum Gasteiger partial charge on any atom is -0.369 e. The number of aromatic amines is 3. The zero-order chi connectivity index (χ0) is 21.7. The van der Waals surface area contributed by atoms with E-state index in [0.717, 1.165) is 65.1 Å². The number of benzene rings is 1. The third kappa shape index (κ3) is 3.16. The predicted octanol–water partition coefficient (Wildman–Crippen LogP) is 3.18. The lowest BCUT2D eigenvalue weighted by atomic mass is 10.0. The fourth-order valence-corrected chi connectivity index (χ4v) is 4.47. The van der Waals surface area contributed by atoms with Gasteiger partial charge in [0.05, 0.1) is 16.6 Å². The number of aryl methyl sites for hydroxylation is 1.